The monoisotopic (exact) mass is 352 g/mol. The molecule has 0 aromatic heterocycles. The van der Waals surface area contributed by atoms with Crippen molar-refractivity contribution in [3.05, 3.63) is 53.1 Å². The molecule has 0 bridgehead atoms. The van der Waals surface area contributed by atoms with Gasteiger partial charge in [0.15, 0.2) is 0 Å². The van der Waals surface area contributed by atoms with Crippen molar-refractivity contribution in [2.45, 2.75) is 33.6 Å². The number of hydrogen-bond acceptors (Lipinski definition) is 3. The number of ether oxygens (including phenoxy) is 1. The first-order valence-corrected chi connectivity index (χ1v) is 8.70. The Labute approximate surface area is 153 Å². The van der Waals surface area contributed by atoms with Crippen LogP contribution in [0.15, 0.2) is 36.4 Å². The van der Waals surface area contributed by atoms with Gasteiger partial charge in [0.1, 0.15) is 11.2 Å². The molecule has 1 saturated carbocycles. The zero-order chi connectivity index (χ0) is 18.9. The maximum absolute atomic E-state index is 12.8. The minimum atomic E-state index is -0.993. The average molecular weight is 352 g/mol. The van der Waals surface area contributed by atoms with E-state index in [0.717, 1.165) is 22.4 Å². The van der Waals surface area contributed by atoms with E-state index in [2.05, 4.69) is 10.6 Å². The van der Waals surface area contributed by atoms with Gasteiger partial charge in [-0.15, -0.1) is 0 Å². The van der Waals surface area contributed by atoms with E-state index in [4.69, 9.17) is 4.74 Å². The summed E-state index contributed by atoms with van der Waals surface area (Å²) >= 11 is 0. The van der Waals surface area contributed by atoms with E-state index in [1.807, 2.05) is 32.9 Å². The number of nitrogens with one attached hydrogen (secondary N) is 2. The van der Waals surface area contributed by atoms with Gasteiger partial charge in [0.2, 0.25) is 11.8 Å². The van der Waals surface area contributed by atoms with Crippen LogP contribution in [0.4, 0.5) is 11.4 Å². The minimum absolute atomic E-state index is 0.243. The number of rotatable bonds is 5. The van der Waals surface area contributed by atoms with Crippen LogP contribution in [0.3, 0.4) is 0 Å². The molecule has 26 heavy (non-hydrogen) atoms. The van der Waals surface area contributed by atoms with Crippen LogP contribution in [-0.4, -0.2) is 18.9 Å². The molecule has 2 amide bonds. The van der Waals surface area contributed by atoms with Gasteiger partial charge in [-0.3, -0.25) is 9.59 Å². The summed E-state index contributed by atoms with van der Waals surface area (Å²) in [6.45, 7) is 5.95. The van der Waals surface area contributed by atoms with E-state index in [0.29, 0.717) is 24.3 Å². The third kappa shape index (κ3) is 3.43. The predicted octanol–water partition coefficient (Wildman–Crippen LogP) is 3.98. The number of benzene rings is 2. The lowest BCUT2D eigenvalue weighted by molar-refractivity contribution is -0.131. The zero-order valence-corrected chi connectivity index (χ0v) is 15.6. The molecule has 136 valence electrons. The number of hydrogen-bond donors (Lipinski definition) is 2. The number of carbonyl (C=O) groups is 2. The molecule has 0 atom stereocenters. The molecule has 0 radical (unpaired) electrons. The lowest BCUT2D eigenvalue weighted by atomic mass is 10.0. The Morgan fingerprint density at radius 2 is 1.58 bits per heavy atom. The van der Waals surface area contributed by atoms with Gasteiger partial charge in [-0.2, -0.15) is 0 Å². The Morgan fingerprint density at radius 1 is 0.962 bits per heavy atom. The smallest absolute Gasteiger partial charge is 0.240 e. The first-order valence-electron chi connectivity index (χ1n) is 8.70. The molecule has 2 aromatic rings. The fraction of sp³-hybridized carbons (Fsp3) is 0.333. The van der Waals surface area contributed by atoms with Crippen molar-refractivity contribution in [3.8, 4) is 5.75 Å². The van der Waals surface area contributed by atoms with E-state index in [9.17, 15) is 9.59 Å². The summed E-state index contributed by atoms with van der Waals surface area (Å²) in [5, 5.41) is 5.82. The highest BCUT2D eigenvalue weighted by Crippen LogP contribution is 2.48. The molecular weight excluding hydrogens is 328 g/mol. The van der Waals surface area contributed by atoms with Crippen molar-refractivity contribution >= 4 is 23.2 Å². The zero-order valence-electron chi connectivity index (χ0n) is 15.6. The molecule has 1 aliphatic rings. The Morgan fingerprint density at radius 3 is 2.15 bits per heavy atom. The van der Waals surface area contributed by atoms with Gasteiger partial charge in [-0.25, -0.2) is 0 Å². The highest BCUT2D eigenvalue weighted by atomic mass is 16.5. The van der Waals surface area contributed by atoms with Crippen LogP contribution in [0.5, 0.6) is 5.75 Å². The van der Waals surface area contributed by atoms with Crippen LogP contribution >= 0.6 is 0 Å². The normalized spacial score (nSPS) is 14.5. The molecule has 0 unspecified atom stereocenters. The fourth-order valence-electron chi connectivity index (χ4n) is 3.24. The number of carbonyl (C=O) groups excluding carboxylic acids is 2. The minimum Gasteiger partial charge on any atom is -0.497 e. The SMILES string of the molecule is COc1cccc(NC(=O)C2(C(=O)Nc3c(C)cc(C)cc3C)CC2)c1. The van der Waals surface area contributed by atoms with Crippen molar-refractivity contribution in [1.82, 2.24) is 0 Å². The summed E-state index contributed by atoms with van der Waals surface area (Å²) in [6, 6.07) is 11.2. The number of amides is 2. The van der Waals surface area contributed by atoms with Gasteiger partial charge in [0.05, 0.1) is 7.11 Å². The summed E-state index contributed by atoms with van der Waals surface area (Å²) < 4.78 is 5.17. The van der Waals surface area contributed by atoms with E-state index in [1.54, 1.807) is 31.4 Å². The van der Waals surface area contributed by atoms with E-state index >= 15 is 0 Å². The molecule has 5 heteroatoms. The molecule has 0 saturated heterocycles. The Balaban J connectivity index is 1.75. The summed E-state index contributed by atoms with van der Waals surface area (Å²) in [7, 11) is 1.57. The quantitative estimate of drug-likeness (QED) is 0.800. The average Bonchev–Trinajstić information content (AvgIpc) is 3.40. The van der Waals surface area contributed by atoms with Crippen LogP contribution in [0, 0.1) is 26.2 Å². The molecule has 3 rings (SSSR count). The molecule has 5 nitrogen and oxygen atoms in total. The van der Waals surface area contributed by atoms with Crippen LogP contribution in [0.1, 0.15) is 29.5 Å². The highest BCUT2D eigenvalue weighted by molar-refractivity contribution is 6.17. The maximum Gasteiger partial charge on any atom is 0.240 e. The Bertz CT molecular complexity index is 846. The molecule has 0 spiro atoms. The predicted molar refractivity (Wildman–Crippen MR) is 103 cm³/mol. The van der Waals surface area contributed by atoms with Crippen LogP contribution in [0.25, 0.3) is 0 Å². The largest absolute Gasteiger partial charge is 0.497 e. The Hall–Kier alpha value is -2.82. The van der Waals surface area contributed by atoms with E-state index < -0.39 is 5.41 Å². The molecule has 1 fully saturated rings. The fourth-order valence-corrected chi connectivity index (χ4v) is 3.24. The molecule has 2 aromatic carbocycles. The van der Waals surface area contributed by atoms with Gasteiger partial charge in [-0.05, 0) is 56.9 Å². The topological polar surface area (TPSA) is 67.4 Å². The lowest BCUT2D eigenvalue weighted by Crippen LogP contribution is -2.36. The van der Waals surface area contributed by atoms with Crippen LogP contribution in [-0.2, 0) is 9.59 Å². The highest BCUT2D eigenvalue weighted by Gasteiger charge is 2.56. The van der Waals surface area contributed by atoms with E-state index in [-0.39, 0.29) is 11.8 Å². The van der Waals surface area contributed by atoms with Crippen LogP contribution < -0.4 is 15.4 Å². The molecule has 0 heterocycles. The maximum atomic E-state index is 12.8. The van der Waals surface area contributed by atoms with Crippen LogP contribution in [0.2, 0.25) is 0 Å². The van der Waals surface area contributed by atoms with Crippen molar-refractivity contribution in [1.29, 1.82) is 0 Å². The number of anilines is 2. The van der Waals surface area contributed by atoms with Gasteiger partial charge in [0.25, 0.3) is 0 Å². The molecule has 2 N–H and O–H groups in total. The first kappa shape index (κ1) is 18.0. The third-order valence-corrected chi connectivity index (χ3v) is 4.86. The van der Waals surface area contributed by atoms with Crippen molar-refractivity contribution in [2.75, 3.05) is 17.7 Å². The third-order valence-electron chi connectivity index (χ3n) is 4.86. The first-order chi connectivity index (χ1) is 12.4. The number of aryl methyl sites for hydroxylation is 3. The van der Waals surface area contributed by atoms with Crippen molar-refractivity contribution in [2.24, 2.45) is 5.41 Å². The van der Waals surface area contributed by atoms with Crippen molar-refractivity contribution < 1.29 is 14.3 Å². The van der Waals surface area contributed by atoms with Gasteiger partial charge < -0.3 is 15.4 Å². The van der Waals surface area contributed by atoms with Gasteiger partial charge >= 0.3 is 0 Å². The standard InChI is InChI=1S/C21H24N2O3/c1-13-10-14(2)18(15(3)11-13)23-20(25)21(8-9-21)19(24)22-16-6-5-7-17(12-16)26-4/h5-7,10-12H,8-9H2,1-4H3,(H,22,24)(H,23,25). The van der Waals surface area contributed by atoms with Gasteiger partial charge in [-0.1, -0.05) is 23.8 Å². The second-order valence-corrected chi connectivity index (χ2v) is 7.00. The second kappa shape index (κ2) is 6.83. The Kier molecular flexibility index (Phi) is 4.72. The lowest BCUT2D eigenvalue weighted by Gasteiger charge is -2.18. The van der Waals surface area contributed by atoms with Gasteiger partial charge in [0, 0.05) is 17.4 Å². The summed E-state index contributed by atoms with van der Waals surface area (Å²) in [5.41, 5.74) is 3.57. The number of methoxy groups -OCH3 is 1. The van der Waals surface area contributed by atoms with E-state index in [1.165, 1.54) is 0 Å². The second-order valence-electron chi connectivity index (χ2n) is 7.00. The molecule has 1 aliphatic carbocycles. The molecular formula is C21H24N2O3. The summed E-state index contributed by atoms with van der Waals surface area (Å²) in [4.78, 5) is 25.6. The van der Waals surface area contributed by atoms with Crippen molar-refractivity contribution in [3.63, 3.8) is 0 Å². The molecule has 0 aliphatic heterocycles. The summed E-state index contributed by atoms with van der Waals surface area (Å²) in [6.07, 6.45) is 1.11. The summed E-state index contributed by atoms with van der Waals surface area (Å²) in [5.74, 6) is 0.140.